The van der Waals surface area contributed by atoms with Crippen molar-refractivity contribution in [1.29, 1.82) is 0 Å². The maximum atomic E-state index is 13.9. The molecule has 3 aromatic carbocycles. The van der Waals surface area contributed by atoms with Gasteiger partial charge >= 0.3 is 0 Å². The lowest BCUT2D eigenvalue weighted by Gasteiger charge is -2.32. The molecule has 0 bridgehead atoms. The van der Waals surface area contributed by atoms with Gasteiger partial charge in [0.15, 0.2) is 11.5 Å². The monoisotopic (exact) mass is 605 g/mol. The van der Waals surface area contributed by atoms with E-state index >= 15 is 0 Å². The molecule has 1 saturated heterocycles. The first-order valence-corrected chi connectivity index (χ1v) is 13.7. The van der Waals surface area contributed by atoms with Crippen molar-refractivity contribution in [2.75, 3.05) is 40.0 Å². The van der Waals surface area contributed by atoms with Crippen LogP contribution in [0.25, 0.3) is 21.9 Å². The molecule has 0 N–H and O–H groups in total. The van der Waals surface area contributed by atoms with Crippen molar-refractivity contribution in [2.24, 2.45) is 0 Å². The summed E-state index contributed by atoms with van der Waals surface area (Å²) in [5.74, 6) is 1.64. The van der Waals surface area contributed by atoms with Gasteiger partial charge in [-0.3, -0.25) is 4.79 Å². The number of hydrogen-bond acceptors (Lipinski definition) is 5. The van der Waals surface area contributed by atoms with E-state index in [1.807, 2.05) is 35.8 Å². The third kappa shape index (κ3) is 5.70. The van der Waals surface area contributed by atoms with Gasteiger partial charge in [0.05, 0.1) is 24.1 Å². The fourth-order valence-corrected chi connectivity index (χ4v) is 5.67. The first kappa shape index (κ1) is 29.5. The zero-order chi connectivity index (χ0) is 27.1. The third-order valence-electron chi connectivity index (χ3n) is 7.91. The molecule has 4 heterocycles. The zero-order valence-corrected chi connectivity index (χ0v) is 24.9. The molecule has 2 aromatic heterocycles. The molecule has 7 rings (SSSR count). The summed E-state index contributed by atoms with van der Waals surface area (Å²) >= 11 is 0. The van der Waals surface area contributed by atoms with E-state index in [-0.39, 0.29) is 37.5 Å². The minimum Gasteiger partial charge on any atom is -0.454 e. The molecule has 8 nitrogen and oxygen atoms in total. The second-order valence-corrected chi connectivity index (χ2v) is 10.6. The molecular weight excluding hydrogens is 573 g/mol. The number of ether oxygens (including phenoxy) is 2. The highest BCUT2D eigenvalue weighted by Crippen LogP contribution is 2.34. The van der Waals surface area contributed by atoms with E-state index in [9.17, 15) is 4.79 Å². The molecule has 1 amide bonds. The summed E-state index contributed by atoms with van der Waals surface area (Å²) in [4.78, 5) is 22.6. The van der Waals surface area contributed by atoms with E-state index in [1.54, 1.807) is 0 Å². The molecule has 0 saturated carbocycles. The van der Waals surface area contributed by atoms with Gasteiger partial charge in [0.1, 0.15) is 0 Å². The minimum atomic E-state index is 0. The van der Waals surface area contributed by atoms with Crippen LogP contribution in [-0.4, -0.2) is 69.8 Å². The van der Waals surface area contributed by atoms with E-state index < -0.39 is 0 Å². The Morgan fingerprint density at radius 2 is 1.64 bits per heavy atom. The number of hydrogen-bond donors (Lipinski definition) is 0. The molecule has 5 aromatic rings. The molecule has 0 spiro atoms. The first-order valence-electron chi connectivity index (χ1n) is 13.7. The molecule has 10 heteroatoms. The molecule has 0 unspecified atom stereocenters. The van der Waals surface area contributed by atoms with E-state index in [2.05, 4.69) is 80.8 Å². The summed E-state index contributed by atoms with van der Waals surface area (Å²) in [6, 6.07) is 20.7. The highest BCUT2D eigenvalue weighted by molar-refractivity contribution is 6.06. The standard InChI is InChI=1S/C32H31N5O3.2ClH/c1-34-11-13-36(14-12-34)32(38)29-20-35(19-28(29)27-8-4-6-24-5-2-3-7-26(24)27)18-25-16-33-21-37(25)17-23-9-10-30-31(15-23)40-22-39-30;;/h2-10,15-16,19-21H,11-14,17-18,22H2,1H3;2*1H. The Hall–Kier alpha value is -3.98. The van der Waals surface area contributed by atoms with Crippen molar-refractivity contribution in [3.63, 3.8) is 0 Å². The molecule has 1 fully saturated rings. The van der Waals surface area contributed by atoms with Gasteiger partial charge in [-0.2, -0.15) is 0 Å². The molecular formula is C32H33Cl2N5O3. The number of rotatable bonds is 6. The number of benzene rings is 3. The van der Waals surface area contributed by atoms with Gasteiger partial charge in [0.25, 0.3) is 5.91 Å². The summed E-state index contributed by atoms with van der Waals surface area (Å²) in [6.45, 7) is 4.76. The number of fused-ring (bicyclic) bond motifs is 2. The maximum absolute atomic E-state index is 13.9. The van der Waals surface area contributed by atoms with Crippen molar-refractivity contribution in [1.82, 2.24) is 23.9 Å². The number of carbonyl (C=O) groups excluding carboxylic acids is 1. The van der Waals surface area contributed by atoms with Gasteiger partial charge in [0.2, 0.25) is 6.79 Å². The first-order chi connectivity index (χ1) is 19.6. The van der Waals surface area contributed by atoms with Crippen LogP contribution in [0.5, 0.6) is 11.5 Å². The highest BCUT2D eigenvalue weighted by atomic mass is 35.5. The smallest absolute Gasteiger partial charge is 0.256 e. The van der Waals surface area contributed by atoms with Crippen LogP contribution in [0.2, 0.25) is 0 Å². The van der Waals surface area contributed by atoms with Crippen LogP contribution in [-0.2, 0) is 13.1 Å². The topological polar surface area (TPSA) is 64.8 Å². The van der Waals surface area contributed by atoms with Crippen LogP contribution in [0.3, 0.4) is 0 Å². The molecule has 0 radical (unpaired) electrons. The Balaban J connectivity index is 0.00000176. The Morgan fingerprint density at radius 3 is 2.50 bits per heavy atom. The second-order valence-electron chi connectivity index (χ2n) is 10.6. The normalized spacial score (nSPS) is 14.5. The summed E-state index contributed by atoms with van der Waals surface area (Å²) in [5, 5.41) is 2.30. The van der Waals surface area contributed by atoms with Gasteiger partial charge in [-0.1, -0.05) is 48.5 Å². The lowest BCUT2D eigenvalue weighted by Crippen LogP contribution is -2.47. The molecule has 0 aliphatic carbocycles. The van der Waals surface area contributed by atoms with Crippen LogP contribution in [0.1, 0.15) is 21.6 Å². The number of piperazine rings is 1. The predicted octanol–water partition coefficient (Wildman–Crippen LogP) is 5.56. The Morgan fingerprint density at radius 1 is 0.857 bits per heavy atom. The van der Waals surface area contributed by atoms with Crippen LogP contribution < -0.4 is 9.47 Å². The number of aromatic nitrogens is 3. The fraction of sp³-hybridized carbons (Fsp3) is 0.250. The highest BCUT2D eigenvalue weighted by Gasteiger charge is 2.25. The fourth-order valence-electron chi connectivity index (χ4n) is 5.67. The van der Waals surface area contributed by atoms with Crippen molar-refractivity contribution in [2.45, 2.75) is 13.1 Å². The van der Waals surface area contributed by atoms with E-state index in [1.165, 1.54) is 0 Å². The summed E-state index contributed by atoms with van der Waals surface area (Å²) in [7, 11) is 2.10. The van der Waals surface area contributed by atoms with Gasteiger partial charge in [-0.05, 0) is 41.1 Å². The number of imidazole rings is 1. The third-order valence-corrected chi connectivity index (χ3v) is 7.91. The molecule has 0 atom stereocenters. The van der Waals surface area contributed by atoms with Gasteiger partial charge in [0, 0.05) is 56.9 Å². The molecule has 218 valence electrons. The number of amides is 1. The Labute approximate surface area is 257 Å². The summed E-state index contributed by atoms with van der Waals surface area (Å²) in [6.07, 6.45) is 7.87. The van der Waals surface area contributed by atoms with Gasteiger partial charge in [-0.15, -0.1) is 24.8 Å². The van der Waals surface area contributed by atoms with Crippen molar-refractivity contribution in [3.05, 3.63) is 102 Å². The maximum Gasteiger partial charge on any atom is 0.256 e. The van der Waals surface area contributed by atoms with E-state index in [4.69, 9.17) is 9.47 Å². The second kappa shape index (κ2) is 12.5. The van der Waals surface area contributed by atoms with E-state index in [0.29, 0.717) is 13.1 Å². The summed E-state index contributed by atoms with van der Waals surface area (Å²) in [5.41, 5.74) is 4.93. The average Bonchev–Trinajstić information content (AvgIpc) is 3.73. The largest absolute Gasteiger partial charge is 0.454 e. The van der Waals surface area contributed by atoms with Gasteiger partial charge in [-0.25, -0.2) is 4.98 Å². The molecule has 2 aliphatic heterocycles. The van der Waals surface area contributed by atoms with Crippen LogP contribution in [0.4, 0.5) is 0 Å². The van der Waals surface area contributed by atoms with Crippen molar-refractivity contribution in [3.8, 4) is 22.6 Å². The molecule has 2 aliphatic rings. The van der Waals surface area contributed by atoms with E-state index in [0.717, 1.165) is 76.4 Å². The summed E-state index contributed by atoms with van der Waals surface area (Å²) < 4.78 is 15.3. The lowest BCUT2D eigenvalue weighted by atomic mass is 9.97. The van der Waals surface area contributed by atoms with Crippen molar-refractivity contribution < 1.29 is 14.3 Å². The number of carbonyl (C=O) groups is 1. The van der Waals surface area contributed by atoms with Crippen molar-refractivity contribution >= 4 is 41.5 Å². The number of nitrogens with zero attached hydrogens (tertiary/aromatic N) is 5. The van der Waals surface area contributed by atoms with Gasteiger partial charge < -0.3 is 28.4 Å². The van der Waals surface area contributed by atoms with Crippen LogP contribution >= 0.6 is 24.8 Å². The predicted molar refractivity (Wildman–Crippen MR) is 168 cm³/mol. The quantitative estimate of drug-likeness (QED) is 0.253. The Kier molecular flexibility index (Phi) is 8.77. The average molecular weight is 607 g/mol. The Bertz CT molecular complexity index is 1700. The number of likely N-dealkylation sites (N-methyl/N-ethyl adjacent to an activating group) is 1. The zero-order valence-electron chi connectivity index (χ0n) is 23.3. The lowest BCUT2D eigenvalue weighted by molar-refractivity contribution is 0.0665. The number of halogens is 2. The molecule has 42 heavy (non-hydrogen) atoms. The SMILES string of the molecule is CN1CCN(C(=O)c2cn(Cc3cncn3Cc3ccc4c(c3)OCO4)cc2-c2cccc3ccccc23)CC1.Cl.Cl. The van der Waals surface area contributed by atoms with Crippen LogP contribution in [0, 0.1) is 0 Å². The van der Waals surface area contributed by atoms with Crippen LogP contribution in [0.15, 0.2) is 85.6 Å². The minimum absolute atomic E-state index is 0.